The number of rotatable bonds is 5. The molecular weight excluding hydrogens is 256 g/mol. The molecule has 1 saturated carbocycles. The minimum absolute atomic E-state index is 0.124. The first kappa shape index (κ1) is 14.9. The van der Waals surface area contributed by atoms with Gasteiger partial charge in [0.15, 0.2) is 0 Å². The highest BCUT2D eigenvalue weighted by atomic mass is 32.1. The highest BCUT2D eigenvalue weighted by molar-refractivity contribution is 7.11. The summed E-state index contributed by atoms with van der Waals surface area (Å²) >= 11 is 1.84. The molecule has 1 N–H and O–H groups in total. The van der Waals surface area contributed by atoms with Crippen molar-refractivity contribution < 1.29 is 4.74 Å². The molecule has 0 unspecified atom stereocenters. The maximum absolute atomic E-state index is 5.28. The van der Waals surface area contributed by atoms with E-state index in [0.29, 0.717) is 12.6 Å². The molecule has 1 aromatic rings. The maximum Gasteiger partial charge on any atom is 0.0986 e. The van der Waals surface area contributed by atoms with Gasteiger partial charge in [0.1, 0.15) is 0 Å². The van der Waals surface area contributed by atoms with E-state index >= 15 is 0 Å². The van der Waals surface area contributed by atoms with E-state index in [1.165, 1.54) is 35.6 Å². The van der Waals surface area contributed by atoms with Gasteiger partial charge >= 0.3 is 0 Å². The number of nitrogens with zero attached hydrogens (tertiary/aromatic N) is 1. The molecule has 108 valence electrons. The van der Waals surface area contributed by atoms with Gasteiger partial charge in [0, 0.05) is 30.0 Å². The predicted molar refractivity (Wildman–Crippen MR) is 80.6 cm³/mol. The smallest absolute Gasteiger partial charge is 0.0986 e. The average Bonchev–Trinajstić information content (AvgIpc) is 2.94. The number of hydrogen-bond donors (Lipinski definition) is 1. The molecule has 1 fully saturated rings. The largest absolute Gasteiger partial charge is 0.378 e. The molecule has 0 spiro atoms. The molecule has 0 amide bonds. The van der Waals surface area contributed by atoms with E-state index in [9.17, 15) is 0 Å². The lowest BCUT2D eigenvalue weighted by molar-refractivity contribution is 0.181. The molecule has 4 heteroatoms. The lowest BCUT2D eigenvalue weighted by Gasteiger charge is -2.13. The second kappa shape index (κ2) is 6.33. The van der Waals surface area contributed by atoms with E-state index in [1.807, 2.05) is 11.3 Å². The summed E-state index contributed by atoms with van der Waals surface area (Å²) in [7, 11) is 1.74. The summed E-state index contributed by atoms with van der Waals surface area (Å²) in [5, 5.41) is 4.89. The lowest BCUT2D eigenvalue weighted by atomic mass is 9.98. The number of methoxy groups -OCH3 is 1. The van der Waals surface area contributed by atoms with Crippen molar-refractivity contribution in [2.45, 2.75) is 71.1 Å². The first-order chi connectivity index (χ1) is 9.00. The van der Waals surface area contributed by atoms with Gasteiger partial charge < -0.3 is 10.1 Å². The van der Waals surface area contributed by atoms with Crippen LogP contribution in [0.15, 0.2) is 0 Å². The Morgan fingerprint density at radius 1 is 1.32 bits per heavy atom. The fraction of sp³-hybridized carbons (Fsp3) is 0.800. The van der Waals surface area contributed by atoms with Crippen LogP contribution < -0.4 is 5.32 Å². The molecule has 2 rings (SSSR count). The third-order valence-corrected chi connectivity index (χ3v) is 5.13. The van der Waals surface area contributed by atoms with E-state index in [1.54, 1.807) is 7.11 Å². The summed E-state index contributed by atoms with van der Waals surface area (Å²) in [5.41, 5.74) is 1.24. The summed E-state index contributed by atoms with van der Waals surface area (Å²) < 4.78 is 5.28. The van der Waals surface area contributed by atoms with Crippen LogP contribution >= 0.6 is 11.3 Å². The van der Waals surface area contributed by atoms with Crippen molar-refractivity contribution in [1.29, 1.82) is 0 Å². The van der Waals surface area contributed by atoms with Crippen molar-refractivity contribution in [1.82, 2.24) is 10.3 Å². The summed E-state index contributed by atoms with van der Waals surface area (Å²) in [6.45, 7) is 8.22. The second-order valence-electron chi connectivity index (χ2n) is 6.43. The van der Waals surface area contributed by atoms with Gasteiger partial charge in [0.25, 0.3) is 0 Å². The normalized spacial score (nSPS) is 17.3. The molecule has 0 aromatic carbocycles. The Morgan fingerprint density at radius 2 is 2.00 bits per heavy atom. The number of ether oxygens (including phenoxy) is 1. The van der Waals surface area contributed by atoms with Crippen LogP contribution in [0.4, 0.5) is 0 Å². The molecular formula is C15H26N2OS. The molecule has 0 atom stereocenters. The Kier molecular flexibility index (Phi) is 4.98. The molecule has 1 aliphatic rings. The van der Waals surface area contributed by atoms with Crippen molar-refractivity contribution in [2.75, 3.05) is 7.11 Å². The molecule has 19 heavy (non-hydrogen) atoms. The molecule has 0 bridgehead atoms. The Labute approximate surface area is 120 Å². The number of hydrogen-bond acceptors (Lipinski definition) is 4. The SMILES string of the molecule is COCc1nc(C(C)(C)C)sc1CNC1CCCC1. The van der Waals surface area contributed by atoms with Crippen LogP contribution in [0.25, 0.3) is 0 Å². The number of nitrogens with one attached hydrogen (secondary N) is 1. The Balaban J connectivity index is 2.06. The molecule has 1 aromatic heterocycles. The van der Waals surface area contributed by atoms with Gasteiger partial charge in [-0.05, 0) is 12.8 Å². The van der Waals surface area contributed by atoms with Gasteiger partial charge in [-0.1, -0.05) is 33.6 Å². The van der Waals surface area contributed by atoms with Crippen LogP contribution in [0.3, 0.4) is 0 Å². The van der Waals surface area contributed by atoms with Gasteiger partial charge in [-0.3, -0.25) is 0 Å². The zero-order chi connectivity index (χ0) is 13.9. The standard InChI is InChI=1S/C15H26N2OS/c1-15(2,3)14-17-12(10-18-4)13(19-14)9-16-11-7-5-6-8-11/h11,16H,5-10H2,1-4H3. The van der Waals surface area contributed by atoms with Crippen LogP contribution in [0, 0.1) is 0 Å². The first-order valence-corrected chi connectivity index (χ1v) is 8.03. The topological polar surface area (TPSA) is 34.1 Å². The van der Waals surface area contributed by atoms with Gasteiger partial charge in [0.2, 0.25) is 0 Å². The summed E-state index contributed by atoms with van der Waals surface area (Å²) in [5.74, 6) is 0. The zero-order valence-electron chi connectivity index (χ0n) is 12.6. The highest BCUT2D eigenvalue weighted by Crippen LogP contribution is 2.30. The van der Waals surface area contributed by atoms with Crippen molar-refractivity contribution in [3.05, 3.63) is 15.6 Å². The zero-order valence-corrected chi connectivity index (χ0v) is 13.4. The molecule has 1 aliphatic carbocycles. The summed E-state index contributed by atoms with van der Waals surface area (Å²) in [6.07, 6.45) is 5.39. The molecule has 1 heterocycles. The third-order valence-electron chi connectivity index (χ3n) is 3.61. The van der Waals surface area contributed by atoms with Crippen molar-refractivity contribution >= 4 is 11.3 Å². The van der Waals surface area contributed by atoms with Gasteiger partial charge in [-0.15, -0.1) is 11.3 Å². The fourth-order valence-corrected chi connectivity index (χ4v) is 3.53. The maximum atomic E-state index is 5.28. The lowest BCUT2D eigenvalue weighted by Crippen LogP contribution is -2.25. The van der Waals surface area contributed by atoms with Gasteiger partial charge in [-0.25, -0.2) is 4.98 Å². The van der Waals surface area contributed by atoms with Crippen LogP contribution in [0.5, 0.6) is 0 Å². The fourth-order valence-electron chi connectivity index (χ4n) is 2.46. The summed E-state index contributed by atoms with van der Waals surface area (Å²) in [4.78, 5) is 6.12. The molecule has 0 radical (unpaired) electrons. The van der Waals surface area contributed by atoms with E-state index in [2.05, 4.69) is 26.1 Å². The minimum Gasteiger partial charge on any atom is -0.378 e. The quantitative estimate of drug-likeness (QED) is 0.895. The highest BCUT2D eigenvalue weighted by Gasteiger charge is 2.22. The van der Waals surface area contributed by atoms with E-state index < -0.39 is 0 Å². The predicted octanol–water partition coefficient (Wildman–Crippen LogP) is 3.62. The van der Waals surface area contributed by atoms with Crippen molar-refractivity contribution in [3.63, 3.8) is 0 Å². The van der Waals surface area contributed by atoms with Crippen molar-refractivity contribution in [2.24, 2.45) is 0 Å². The minimum atomic E-state index is 0.124. The van der Waals surface area contributed by atoms with E-state index in [4.69, 9.17) is 9.72 Å². The van der Waals surface area contributed by atoms with Crippen LogP contribution in [0.1, 0.15) is 62.0 Å². The van der Waals surface area contributed by atoms with E-state index in [0.717, 1.165) is 12.2 Å². The molecule has 0 aliphatic heterocycles. The van der Waals surface area contributed by atoms with Gasteiger partial charge in [-0.2, -0.15) is 0 Å². The third kappa shape index (κ3) is 4.01. The van der Waals surface area contributed by atoms with E-state index in [-0.39, 0.29) is 5.41 Å². The first-order valence-electron chi connectivity index (χ1n) is 7.22. The van der Waals surface area contributed by atoms with Crippen LogP contribution in [-0.4, -0.2) is 18.1 Å². The average molecular weight is 282 g/mol. The monoisotopic (exact) mass is 282 g/mol. The Morgan fingerprint density at radius 3 is 2.58 bits per heavy atom. The van der Waals surface area contributed by atoms with Crippen molar-refractivity contribution in [3.8, 4) is 0 Å². The number of thiazole rings is 1. The van der Waals surface area contributed by atoms with Crippen LogP contribution in [-0.2, 0) is 23.3 Å². The Bertz CT molecular complexity index is 403. The number of aromatic nitrogens is 1. The molecule has 0 saturated heterocycles. The van der Waals surface area contributed by atoms with Gasteiger partial charge in [0.05, 0.1) is 17.3 Å². The molecule has 3 nitrogen and oxygen atoms in total. The Hall–Kier alpha value is -0.450. The van der Waals surface area contributed by atoms with Crippen LogP contribution in [0.2, 0.25) is 0 Å². The second-order valence-corrected chi connectivity index (χ2v) is 7.52. The summed E-state index contributed by atoms with van der Waals surface area (Å²) in [6, 6.07) is 0.704.